The van der Waals surface area contributed by atoms with Gasteiger partial charge in [-0.1, -0.05) is 23.4 Å². The fourth-order valence-electron chi connectivity index (χ4n) is 2.20. The van der Waals surface area contributed by atoms with Gasteiger partial charge < -0.3 is 4.57 Å². The van der Waals surface area contributed by atoms with Gasteiger partial charge in [-0.15, -0.1) is 0 Å². The molecule has 2 aromatic heterocycles. The van der Waals surface area contributed by atoms with Gasteiger partial charge >= 0.3 is 5.69 Å². The van der Waals surface area contributed by atoms with Crippen molar-refractivity contribution in [3.63, 3.8) is 0 Å². The van der Waals surface area contributed by atoms with Crippen molar-refractivity contribution in [1.29, 1.82) is 0 Å². The molecule has 0 aliphatic heterocycles. The molecule has 3 rings (SSSR count). The lowest BCUT2D eigenvalue weighted by molar-refractivity contribution is 0.705. The molecule has 22 heavy (non-hydrogen) atoms. The summed E-state index contributed by atoms with van der Waals surface area (Å²) in [7, 11) is 4.83. The number of nitrogens with zero attached hydrogens (tertiary/aromatic N) is 4. The van der Waals surface area contributed by atoms with Crippen LogP contribution in [-0.2, 0) is 21.1 Å². The molecule has 0 aliphatic rings. The summed E-state index contributed by atoms with van der Waals surface area (Å²) in [5, 5.41) is 1.29. The quantitative estimate of drug-likeness (QED) is 0.715. The standard InChI is InChI=1S/C14H13ClN4O2S/c1-17-10-11(18(2)14(21)19(3)12(10)20)16-13(17)22-9-6-4-8(15)5-7-9/h4-7H,1-3H3. The summed E-state index contributed by atoms with van der Waals surface area (Å²) in [6.45, 7) is 0. The third-order valence-corrected chi connectivity index (χ3v) is 4.76. The zero-order chi connectivity index (χ0) is 16.0. The van der Waals surface area contributed by atoms with E-state index >= 15 is 0 Å². The SMILES string of the molecule is Cn1c(=O)c2c(nc(Sc3ccc(Cl)cc3)n2C)n(C)c1=O. The number of aryl methyl sites for hydroxylation is 2. The van der Waals surface area contributed by atoms with Crippen LogP contribution in [0.2, 0.25) is 5.02 Å². The predicted molar refractivity (Wildman–Crippen MR) is 86.8 cm³/mol. The van der Waals surface area contributed by atoms with E-state index in [0.29, 0.717) is 21.3 Å². The summed E-state index contributed by atoms with van der Waals surface area (Å²) in [4.78, 5) is 29.7. The molecule has 8 heteroatoms. The third kappa shape index (κ3) is 2.26. The molecule has 0 aliphatic carbocycles. The highest BCUT2D eigenvalue weighted by Crippen LogP contribution is 2.28. The molecule has 0 atom stereocenters. The number of aromatic nitrogens is 4. The maximum absolute atomic E-state index is 12.3. The molecule has 0 bridgehead atoms. The number of fused-ring (bicyclic) bond motifs is 1. The Morgan fingerprint density at radius 2 is 1.64 bits per heavy atom. The number of imidazole rings is 1. The number of hydrogen-bond acceptors (Lipinski definition) is 4. The Labute approximate surface area is 135 Å². The highest BCUT2D eigenvalue weighted by atomic mass is 35.5. The number of rotatable bonds is 2. The van der Waals surface area contributed by atoms with E-state index in [9.17, 15) is 9.59 Å². The molecule has 0 saturated heterocycles. The molecule has 2 heterocycles. The number of hydrogen-bond donors (Lipinski definition) is 0. The second-order valence-electron chi connectivity index (χ2n) is 4.89. The molecule has 0 N–H and O–H groups in total. The molecule has 114 valence electrons. The first-order valence-corrected chi connectivity index (χ1v) is 7.65. The Kier molecular flexibility index (Phi) is 3.62. The second kappa shape index (κ2) is 5.33. The van der Waals surface area contributed by atoms with Crippen LogP contribution in [0.4, 0.5) is 0 Å². The monoisotopic (exact) mass is 336 g/mol. The third-order valence-electron chi connectivity index (χ3n) is 3.46. The molecule has 0 saturated carbocycles. The van der Waals surface area contributed by atoms with Gasteiger partial charge in [-0.25, -0.2) is 9.78 Å². The van der Waals surface area contributed by atoms with Gasteiger partial charge in [0.05, 0.1) is 0 Å². The summed E-state index contributed by atoms with van der Waals surface area (Å²) in [5.74, 6) is 0. The van der Waals surface area contributed by atoms with Crippen LogP contribution in [0, 0.1) is 0 Å². The molecule has 0 fully saturated rings. The normalized spacial score (nSPS) is 11.3. The molecular formula is C14H13ClN4O2S. The molecule has 0 unspecified atom stereocenters. The molecule has 0 radical (unpaired) electrons. The topological polar surface area (TPSA) is 61.8 Å². The van der Waals surface area contributed by atoms with Crippen LogP contribution in [0.1, 0.15) is 0 Å². The van der Waals surface area contributed by atoms with Crippen molar-refractivity contribution in [3.8, 4) is 0 Å². The van der Waals surface area contributed by atoms with Crippen LogP contribution in [0.25, 0.3) is 11.2 Å². The van der Waals surface area contributed by atoms with Gasteiger partial charge in [-0.3, -0.25) is 13.9 Å². The Bertz CT molecular complexity index is 985. The predicted octanol–water partition coefficient (Wildman–Crippen LogP) is 1.78. The summed E-state index contributed by atoms with van der Waals surface area (Å²) in [6, 6.07) is 7.34. The van der Waals surface area contributed by atoms with Crippen LogP contribution in [0.3, 0.4) is 0 Å². The average Bonchev–Trinajstić information content (AvgIpc) is 2.82. The maximum atomic E-state index is 12.3. The maximum Gasteiger partial charge on any atom is 0.332 e. The van der Waals surface area contributed by atoms with Gasteiger partial charge in [0.2, 0.25) is 0 Å². The second-order valence-corrected chi connectivity index (χ2v) is 6.36. The fraction of sp³-hybridized carbons (Fsp3) is 0.214. The van der Waals surface area contributed by atoms with E-state index in [2.05, 4.69) is 4.98 Å². The summed E-state index contributed by atoms with van der Waals surface area (Å²) in [5.41, 5.74) is 0.0443. The zero-order valence-corrected chi connectivity index (χ0v) is 13.8. The van der Waals surface area contributed by atoms with Gasteiger partial charge in [0.25, 0.3) is 5.56 Å². The molecule has 3 aromatic rings. The van der Waals surface area contributed by atoms with Gasteiger partial charge in [0, 0.05) is 31.1 Å². The van der Waals surface area contributed by atoms with Crippen molar-refractivity contribution in [2.24, 2.45) is 21.1 Å². The van der Waals surface area contributed by atoms with Crippen molar-refractivity contribution in [3.05, 3.63) is 50.1 Å². The van der Waals surface area contributed by atoms with Crippen LogP contribution in [0.15, 0.2) is 43.9 Å². The summed E-state index contributed by atoms with van der Waals surface area (Å²) in [6.07, 6.45) is 0. The molecular weight excluding hydrogens is 324 g/mol. The molecule has 6 nitrogen and oxygen atoms in total. The highest BCUT2D eigenvalue weighted by molar-refractivity contribution is 7.99. The molecule has 0 spiro atoms. The van der Waals surface area contributed by atoms with E-state index in [1.54, 1.807) is 30.8 Å². The zero-order valence-electron chi connectivity index (χ0n) is 12.2. The van der Waals surface area contributed by atoms with Crippen LogP contribution >= 0.6 is 23.4 Å². The highest BCUT2D eigenvalue weighted by Gasteiger charge is 2.17. The molecule has 0 amide bonds. The van der Waals surface area contributed by atoms with E-state index in [4.69, 9.17) is 11.6 Å². The van der Waals surface area contributed by atoms with E-state index in [1.165, 1.54) is 23.4 Å². The van der Waals surface area contributed by atoms with Gasteiger partial charge in [0.15, 0.2) is 16.3 Å². The Balaban J connectivity index is 2.20. The van der Waals surface area contributed by atoms with Crippen molar-refractivity contribution in [2.45, 2.75) is 10.1 Å². The van der Waals surface area contributed by atoms with Crippen molar-refractivity contribution < 1.29 is 0 Å². The van der Waals surface area contributed by atoms with E-state index in [1.807, 2.05) is 12.1 Å². The number of halogens is 1. The first-order valence-electron chi connectivity index (χ1n) is 6.46. The van der Waals surface area contributed by atoms with Crippen LogP contribution in [-0.4, -0.2) is 18.7 Å². The van der Waals surface area contributed by atoms with E-state index in [0.717, 1.165) is 9.46 Å². The summed E-state index contributed by atoms with van der Waals surface area (Å²) < 4.78 is 4.17. The van der Waals surface area contributed by atoms with Crippen LogP contribution < -0.4 is 11.2 Å². The van der Waals surface area contributed by atoms with Gasteiger partial charge in [-0.2, -0.15) is 0 Å². The fourth-order valence-corrected chi connectivity index (χ4v) is 3.17. The lowest BCUT2D eigenvalue weighted by atomic mass is 10.4. The first kappa shape index (κ1) is 14.9. The minimum atomic E-state index is -0.390. The minimum absolute atomic E-state index is 0.351. The first-order chi connectivity index (χ1) is 10.4. The van der Waals surface area contributed by atoms with E-state index in [-0.39, 0.29) is 5.56 Å². The Hall–Kier alpha value is -1.99. The van der Waals surface area contributed by atoms with Gasteiger partial charge in [-0.05, 0) is 24.3 Å². The lowest BCUT2D eigenvalue weighted by Gasteiger charge is -2.03. The minimum Gasteiger partial charge on any atom is -0.316 e. The van der Waals surface area contributed by atoms with Crippen molar-refractivity contribution in [1.82, 2.24) is 18.7 Å². The smallest absolute Gasteiger partial charge is 0.316 e. The number of benzene rings is 1. The van der Waals surface area contributed by atoms with Crippen LogP contribution in [0.5, 0.6) is 0 Å². The van der Waals surface area contributed by atoms with Gasteiger partial charge in [0.1, 0.15) is 0 Å². The Morgan fingerprint density at radius 1 is 1.00 bits per heavy atom. The lowest BCUT2D eigenvalue weighted by Crippen LogP contribution is -2.37. The van der Waals surface area contributed by atoms with E-state index < -0.39 is 5.69 Å². The Morgan fingerprint density at radius 3 is 2.27 bits per heavy atom. The van der Waals surface area contributed by atoms with Crippen molar-refractivity contribution >= 4 is 34.5 Å². The molecule has 1 aromatic carbocycles. The van der Waals surface area contributed by atoms with Crippen molar-refractivity contribution in [2.75, 3.05) is 0 Å². The summed E-state index contributed by atoms with van der Waals surface area (Å²) >= 11 is 7.28. The average molecular weight is 337 g/mol. The largest absolute Gasteiger partial charge is 0.332 e.